The van der Waals surface area contributed by atoms with Crippen LogP contribution in [0.2, 0.25) is 0 Å². The molecule has 0 bridgehead atoms. The summed E-state index contributed by atoms with van der Waals surface area (Å²) in [5.41, 5.74) is 1.12. The average Bonchev–Trinajstić information content (AvgIpc) is 2.41. The van der Waals surface area contributed by atoms with Crippen molar-refractivity contribution in [3.63, 3.8) is 0 Å². The number of nitrogens with one attached hydrogen (secondary N) is 1. The molecule has 0 radical (unpaired) electrons. The Morgan fingerprint density at radius 2 is 2.33 bits per heavy atom. The second-order valence-electron chi connectivity index (χ2n) is 4.22. The molecule has 0 aliphatic rings. The lowest BCUT2D eigenvalue weighted by Crippen LogP contribution is -2.28. The Hall–Kier alpha value is -1.57. The first-order chi connectivity index (χ1) is 8.76. The van der Waals surface area contributed by atoms with E-state index < -0.39 is 0 Å². The standard InChI is InChI=1S/C14H20N2O2/c1-12(11-17)16-10-13-5-4-6-14(9-13)18-8-3-2-7-15/h4-6,9,12,16-17H,2-3,8,10-11H2,1H3/t12-/m1/s1. The van der Waals surface area contributed by atoms with Crippen LogP contribution in [-0.4, -0.2) is 24.4 Å². The van der Waals surface area contributed by atoms with Crippen LogP contribution in [-0.2, 0) is 6.54 Å². The first kappa shape index (κ1) is 14.5. The van der Waals surface area contributed by atoms with Crippen molar-refractivity contribution in [3.05, 3.63) is 29.8 Å². The average molecular weight is 248 g/mol. The molecule has 0 unspecified atom stereocenters. The van der Waals surface area contributed by atoms with Gasteiger partial charge in [0.2, 0.25) is 0 Å². The molecule has 4 nitrogen and oxygen atoms in total. The fourth-order valence-electron chi connectivity index (χ4n) is 1.44. The van der Waals surface area contributed by atoms with E-state index in [1.807, 2.05) is 31.2 Å². The van der Waals surface area contributed by atoms with Crippen LogP contribution >= 0.6 is 0 Å². The Kier molecular flexibility index (Phi) is 6.85. The Balaban J connectivity index is 2.39. The Labute approximate surface area is 108 Å². The minimum Gasteiger partial charge on any atom is -0.494 e. The number of hydrogen-bond acceptors (Lipinski definition) is 4. The molecule has 0 spiro atoms. The lowest BCUT2D eigenvalue weighted by atomic mass is 10.2. The van der Waals surface area contributed by atoms with E-state index in [-0.39, 0.29) is 12.6 Å². The van der Waals surface area contributed by atoms with Crippen molar-refractivity contribution in [1.29, 1.82) is 5.26 Å². The maximum absolute atomic E-state index is 8.92. The summed E-state index contributed by atoms with van der Waals surface area (Å²) in [6.45, 7) is 3.33. The van der Waals surface area contributed by atoms with Gasteiger partial charge in [-0.2, -0.15) is 5.26 Å². The van der Waals surface area contributed by atoms with Gasteiger partial charge in [0.15, 0.2) is 0 Å². The van der Waals surface area contributed by atoms with E-state index in [1.54, 1.807) is 0 Å². The summed E-state index contributed by atoms with van der Waals surface area (Å²) < 4.78 is 5.55. The zero-order valence-electron chi connectivity index (χ0n) is 10.7. The number of rotatable bonds is 8. The minimum atomic E-state index is 0.0882. The fraction of sp³-hybridized carbons (Fsp3) is 0.500. The van der Waals surface area contributed by atoms with Crippen LogP contribution in [0.3, 0.4) is 0 Å². The second-order valence-corrected chi connectivity index (χ2v) is 4.22. The molecule has 4 heteroatoms. The van der Waals surface area contributed by atoms with Gasteiger partial charge in [-0.15, -0.1) is 0 Å². The van der Waals surface area contributed by atoms with Gasteiger partial charge in [-0.1, -0.05) is 12.1 Å². The van der Waals surface area contributed by atoms with Gasteiger partial charge in [-0.3, -0.25) is 0 Å². The molecule has 2 N–H and O–H groups in total. The number of nitrogens with zero attached hydrogens (tertiary/aromatic N) is 1. The summed E-state index contributed by atoms with van der Waals surface area (Å²) in [5.74, 6) is 0.823. The van der Waals surface area contributed by atoms with Crippen LogP contribution in [0.4, 0.5) is 0 Å². The molecule has 1 aromatic rings. The second kappa shape index (κ2) is 8.51. The van der Waals surface area contributed by atoms with Crippen LogP contribution in [0.1, 0.15) is 25.3 Å². The topological polar surface area (TPSA) is 65.3 Å². The highest BCUT2D eigenvalue weighted by Crippen LogP contribution is 2.13. The van der Waals surface area contributed by atoms with Crippen LogP contribution in [0.25, 0.3) is 0 Å². The first-order valence-corrected chi connectivity index (χ1v) is 6.19. The molecule has 18 heavy (non-hydrogen) atoms. The largest absolute Gasteiger partial charge is 0.494 e. The Morgan fingerprint density at radius 1 is 1.50 bits per heavy atom. The highest BCUT2D eigenvalue weighted by atomic mass is 16.5. The Morgan fingerprint density at radius 3 is 3.06 bits per heavy atom. The lowest BCUT2D eigenvalue weighted by Gasteiger charge is -2.11. The summed E-state index contributed by atoms with van der Waals surface area (Å²) in [6.07, 6.45) is 1.27. The predicted molar refractivity (Wildman–Crippen MR) is 70.2 cm³/mol. The van der Waals surface area contributed by atoms with E-state index >= 15 is 0 Å². The zero-order valence-corrected chi connectivity index (χ0v) is 10.7. The minimum absolute atomic E-state index is 0.0882. The SMILES string of the molecule is C[C@H](CO)NCc1cccc(OCCCC#N)c1. The quantitative estimate of drug-likeness (QED) is 0.689. The van der Waals surface area contributed by atoms with Gasteiger partial charge in [0.25, 0.3) is 0 Å². The number of hydrogen-bond donors (Lipinski definition) is 2. The molecular formula is C14H20N2O2. The van der Waals surface area contributed by atoms with E-state index in [9.17, 15) is 0 Å². The summed E-state index contributed by atoms with van der Waals surface area (Å²) in [4.78, 5) is 0. The van der Waals surface area contributed by atoms with Gasteiger partial charge in [-0.05, 0) is 31.0 Å². The van der Waals surface area contributed by atoms with Gasteiger partial charge >= 0.3 is 0 Å². The number of unbranched alkanes of at least 4 members (excludes halogenated alkanes) is 1. The smallest absolute Gasteiger partial charge is 0.119 e. The molecule has 98 valence electrons. The highest BCUT2D eigenvalue weighted by Gasteiger charge is 2.00. The van der Waals surface area contributed by atoms with Crippen molar-refractivity contribution in [3.8, 4) is 11.8 Å². The van der Waals surface area contributed by atoms with Crippen molar-refractivity contribution in [1.82, 2.24) is 5.32 Å². The molecule has 0 aliphatic heterocycles. The van der Waals surface area contributed by atoms with Crippen molar-refractivity contribution < 1.29 is 9.84 Å². The van der Waals surface area contributed by atoms with Crippen LogP contribution in [0, 0.1) is 11.3 Å². The van der Waals surface area contributed by atoms with Crippen molar-refractivity contribution in [2.24, 2.45) is 0 Å². The van der Waals surface area contributed by atoms with Crippen molar-refractivity contribution in [2.45, 2.75) is 32.4 Å². The molecule has 0 saturated carbocycles. The maximum Gasteiger partial charge on any atom is 0.119 e. The third kappa shape index (κ3) is 5.67. The van der Waals surface area contributed by atoms with Crippen molar-refractivity contribution in [2.75, 3.05) is 13.2 Å². The third-order valence-electron chi connectivity index (χ3n) is 2.53. The number of benzene rings is 1. The Bertz CT molecular complexity index is 388. The normalized spacial score (nSPS) is 11.8. The number of aliphatic hydroxyl groups excluding tert-OH is 1. The number of aliphatic hydroxyl groups is 1. The highest BCUT2D eigenvalue weighted by molar-refractivity contribution is 5.28. The molecule has 0 saturated heterocycles. The maximum atomic E-state index is 8.92. The van der Waals surface area contributed by atoms with Gasteiger partial charge < -0.3 is 15.2 Å². The first-order valence-electron chi connectivity index (χ1n) is 6.19. The van der Waals surface area contributed by atoms with E-state index in [1.165, 1.54) is 0 Å². The molecule has 1 rings (SSSR count). The number of nitriles is 1. The van der Waals surface area contributed by atoms with Crippen LogP contribution in [0.15, 0.2) is 24.3 Å². The third-order valence-corrected chi connectivity index (χ3v) is 2.53. The molecule has 0 amide bonds. The van der Waals surface area contributed by atoms with E-state index in [0.717, 1.165) is 17.7 Å². The lowest BCUT2D eigenvalue weighted by molar-refractivity contribution is 0.251. The van der Waals surface area contributed by atoms with Gasteiger partial charge in [0.05, 0.1) is 19.3 Å². The zero-order chi connectivity index (χ0) is 13.2. The molecule has 0 aliphatic carbocycles. The van der Waals surface area contributed by atoms with E-state index in [4.69, 9.17) is 15.1 Å². The molecular weight excluding hydrogens is 228 g/mol. The molecule has 1 atom stereocenters. The van der Waals surface area contributed by atoms with Gasteiger partial charge in [0.1, 0.15) is 5.75 Å². The van der Waals surface area contributed by atoms with E-state index in [2.05, 4.69) is 11.4 Å². The monoisotopic (exact) mass is 248 g/mol. The predicted octanol–water partition coefficient (Wildman–Crippen LogP) is 1.84. The molecule has 1 aromatic carbocycles. The van der Waals surface area contributed by atoms with Gasteiger partial charge in [-0.25, -0.2) is 0 Å². The molecule has 0 heterocycles. The molecule has 0 fully saturated rings. The van der Waals surface area contributed by atoms with Gasteiger partial charge in [0, 0.05) is 19.0 Å². The van der Waals surface area contributed by atoms with Crippen LogP contribution < -0.4 is 10.1 Å². The summed E-state index contributed by atoms with van der Waals surface area (Å²) >= 11 is 0. The summed E-state index contributed by atoms with van der Waals surface area (Å²) in [6, 6.07) is 10.0. The molecule has 0 aromatic heterocycles. The summed E-state index contributed by atoms with van der Waals surface area (Å²) in [5, 5.41) is 20.5. The summed E-state index contributed by atoms with van der Waals surface area (Å²) in [7, 11) is 0. The number of ether oxygens (including phenoxy) is 1. The van der Waals surface area contributed by atoms with E-state index in [0.29, 0.717) is 19.6 Å². The van der Waals surface area contributed by atoms with Crippen molar-refractivity contribution >= 4 is 0 Å². The van der Waals surface area contributed by atoms with Crippen LogP contribution in [0.5, 0.6) is 5.75 Å². The fourth-order valence-corrected chi connectivity index (χ4v) is 1.44.